The Labute approximate surface area is 127 Å². The van der Waals surface area contributed by atoms with Crippen molar-refractivity contribution in [3.8, 4) is 11.5 Å². The molecule has 0 fully saturated rings. The zero-order valence-electron chi connectivity index (χ0n) is 12.3. The number of esters is 1. The summed E-state index contributed by atoms with van der Waals surface area (Å²) >= 11 is 0. The standard InChI is InChI=1S/C17H15NO4/c1-11-4-3-5-12(2)17(11)20-9-16(19)22-13-6-7-15-14(8-13)18-10-21-15/h3-8,10H,9H2,1-2H3. The molecule has 0 saturated carbocycles. The highest BCUT2D eigenvalue weighted by atomic mass is 16.6. The Kier molecular flexibility index (Phi) is 3.78. The Bertz CT molecular complexity index is 802. The van der Waals surface area contributed by atoms with Crippen LogP contribution in [0.3, 0.4) is 0 Å². The molecule has 0 saturated heterocycles. The van der Waals surface area contributed by atoms with Crippen LogP contribution in [-0.2, 0) is 4.79 Å². The molecule has 22 heavy (non-hydrogen) atoms. The number of fused-ring (bicyclic) bond motifs is 1. The summed E-state index contributed by atoms with van der Waals surface area (Å²) in [7, 11) is 0. The van der Waals surface area contributed by atoms with Crippen LogP contribution in [0.25, 0.3) is 11.1 Å². The zero-order valence-corrected chi connectivity index (χ0v) is 12.3. The first-order valence-electron chi connectivity index (χ1n) is 6.86. The van der Waals surface area contributed by atoms with Gasteiger partial charge in [-0.3, -0.25) is 0 Å². The molecule has 5 heteroatoms. The number of rotatable bonds is 4. The van der Waals surface area contributed by atoms with Crippen LogP contribution in [0, 0.1) is 13.8 Å². The monoisotopic (exact) mass is 297 g/mol. The molecule has 1 aromatic heterocycles. The molecule has 2 aromatic carbocycles. The first kappa shape index (κ1) is 14.1. The SMILES string of the molecule is Cc1cccc(C)c1OCC(=O)Oc1ccc2ocnc2c1. The van der Waals surface area contributed by atoms with Crippen LogP contribution in [0.15, 0.2) is 47.2 Å². The van der Waals surface area contributed by atoms with Crippen molar-refractivity contribution in [3.05, 3.63) is 53.9 Å². The Morgan fingerprint density at radius 1 is 1.18 bits per heavy atom. The molecular formula is C17H15NO4. The molecule has 112 valence electrons. The number of carbonyl (C=O) groups excluding carboxylic acids is 1. The van der Waals surface area contributed by atoms with Crippen molar-refractivity contribution in [1.29, 1.82) is 0 Å². The van der Waals surface area contributed by atoms with E-state index < -0.39 is 5.97 Å². The average Bonchev–Trinajstić information content (AvgIpc) is 2.94. The molecule has 0 N–H and O–H groups in total. The van der Waals surface area contributed by atoms with Crippen molar-refractivity contribution in [2.45, 2.75) is 13.8 Å². The highest BCUT2D eigenvalue weighted by molar-refractivity contribution is 5.78. The fourth-order valence-corrected chi connectivity index (χ4v) is 2.22. The number of hydrogen-bond acceptors (Lipinski definition) is 5. The van der Waals surface area contributed by atoms with Crippen molar-refractivity contribution >= 4 is 17.1 Å². The molecule has 0 spiro atoms. The van der Waals surface area contributed by atoms with Gasteiger partial charge in [-0.15, -0.1) is 0 Å². The number of nitrogens with zero attached hydrogens (tertiary/aromatic N) is 1. The summed E-state index contributed by atoms with van der Waals surface area (Å²) in [5.74, 6) is 0.661. The summed E-state index contributed by atoms with van der Waals surface area (Å²) in [6, 6.07) is 10.8. The fourth-order valence-electron chi connectivity index (χ4n) is 2.22. The number of hydrogen-bond donors (Lipinski definition) is 0. The van der Waals surface area contributed by atoms with Crippen LogP contribution in [0.2, 0.25) is 0 Å². The summed E-state index contributed by atoms with van der Waals surface area (Å²) in [5, 5.41) is 0. The zero-order chi connectivity index (χ0) is 15.5. The average molecular weight is 297 g/mol. The van der Waals surface area contributed by atoms with E-state index in [2.05, 4.69) is 4.98 Å². The maximum Gasteiger partial charge on any atom is 0.349 e. The lowest BCUT2D eigenvalue weighted by atomic mass is 10.1. The van der Waals surface area contributed by atoms with Crippen molar-refractivity contribution in [2.75, 3.05) is 6.61 Å². The van der Waals surface area contributed by atoms with Crippen LogP contribution in [0.5, 0.6) is 11.5 Å². The Hall–Kier alpha value is -2.82. The van der Waals surface area contributed by atoms with E-state index in [1.165, 1.54) is 6.39 Å². The fraction of sp³-hybridized carbons (Fsp3) is 0.176. The van der Waals surface area contributed by atoms with E-state index in [0.29, 0.717) is 22.6 Å². The largest absolute Gasteiger partial charge is 0.481 e. The lowest BCUT2D eigenvalue weighted by Crippen LogP contribution is -2.18. The minimum atomic E-state index is -0.467. The molecule has 0 bridgehead atoms. The molecule has 0 atom stereocenters. The van der Waals surface area contributed by atoms with E-state index in [0.717, 1.165) is 11.1 Å². The molecule has 1 heterocycles. The minimum Gasteiger partial charge on any atom is -0.481 e. The molecule has 5 nitrogen and oxygen atoms in total. The molecule has 0 aliphatic rings. The van der Waals surface area contributed by atoms with E-state index >= 15 is 0 Å². The molecule has 0 aliphatic carbocycles. The lowest BCUT2D eigenvalue weighted by Gasteiger charge is -2.11. The Balaban J connectivity index is 1.65. The van der Waals surface area contributed by atoms with Gasteiger partial charge in [0.1, 0.15) is 17.0 Å². The van der Waals surface area contributed by atoms with Crippen LogP contribution < -0.4 is 9.47 Å². The summed E-state index contributed by atoms with van der Waals surface area (Å²) < 4.78 is 15.9. The van der Waals surface area contributed by atoms with Crippen LogP contribution >= 0.6 is 0 Å². The predicted molar refractivity (Wildman–Crippen MR) is 81.1 cm³/mol. The third kappa shape index (κ3) is 2.93. The molecule has 3 rings (SSSR count). The Morgan fingerprint density at radius 3 is 2.73 bits per heavy atom. The van der Waals surface area contributed by atoms with Gasteiger partial charge in [-0.2, -0.15) is 0 Å². The maximum atomic E-state index is 11.9. The number of para-hydroxylation sites is 1. The van der Waals surface area contributed by atoms with E-state index in [1.807, 2.05) is 32.0 Å². The topological polar surface area (TPSA) is 61.6 Å². The summed E-state index contributed by atoms with van der Waals surface area (Å²) in [5.41, 5.74) is 3.25. The molecule has 0 radical (unpaired) electrons. The van der Waals surface area contributed by atoms with Gasteiger partial charge >= 0.3 is 5.97 Å². The van der Waals surface area contributed by atoms with Crippen molar-refractivity contribution in [2.24, 2.45) is 0 Å². The van der Waals surface area contributed by atoms with Gasteiger partial charge in [-0.25, -0.2) is 9.78 Å². The Morgan fingerprint density at radius 2 is 1.95 bits per heavy atom. The number of oxazole rings is 1. The number of aromatic nitrogens is 1. The molecular weight excluding hydrogens is 282 g/mol. The summed E-state index contributed by atoms with van der Waals surface area (Å²) in [4.78, 5) is 15.9. The van der Waals surface area contributed by atoms with Crippen molar-refractivity contribution in [1.82, 2.24) is 4.98 Å². The second-order valence-electron chi connectivity index (χ2n) is 4.97. The second kappa shape index (κ2) is 5.89. The quantitative estimate of drug-likeness (QED) is 0.545. The molecule has 3 aromatic rings. The van der Waals surface area contributed by atoms with E-state index in [-0.39, 0.29) is 6.61 Å². The minimum absolute atomic E-state index is 0.150. The van der Waals surface area contributed by atoms with E-state index in [1.54, 1.807) is 18.2 Å². The highest BCUT2D eigenvalue weighted by Crippen LogP contribution is 2.23. The first-order valence-corrected chi connectivity index (χ1v) is 6.86. The van der Waals surface area contributed by atoms with Gasteiger partial charge in [0.25, 0.3) is 0 Å². The molecule has 0 unspecified atom stereocenters. The third-order valence-corrected chi connectivity index (χ3v) is 3.28. The number of carbonyl (C=O) groups is 1. The maximum absolute atomic E-state index is 11.9. The third-order valence-electron chi connectivity index (χ3n) is 3.28. The lowest BCUT2D eigenvalue weighted by molar-refractivity contribution is -0.136. The van der Waals surface area contributed by atoms with Crippen LogP contribution in [-0.4, -0.2) is 17.6 Å². The van der Waals surface area contributed by atoms with E-state index in [9.17, 15) is 4.79 Å². The van der Waals surface area contributed by atoms with Crippen molar-refractivity contribution in [3.63, 3.8) is 0 Å². The summed E-state index contributed by atoms with van der Waals surface area (Å²) in [6.07, 6.45) is 1.35. The van der Waals surface area contributed by atoms with Gasteiger partial charge in [0.2, 0.25) is 0 Å². The second-order valence-corrected chi connectivity index (χ2v) is 4.97. The van der Waals surface area contributed by atoms with Gasteiger partial charge in [-0.1, -0.05) is 18.2 Å². The first-order chi connectivity index (χ1) is 10.6. The van der Waals surface area contributed by atoms with E-state index in [4.69, 9.17) is 13.9 Å². The predicted octanol–water partition coefficient (Wildman–Crippen LogP) is 3.43. The number of benzene rings is 2. The smallest absolute Gasteiger partial charge is 0.349 e. The molecule has 0 amide bonds. The van der Waals surface area contributed by atoms with Crippen molar-refractivity contribution < 1.29 is 18.7 Å². The van der Waals surface area contributed by atoms with Gasteiger partial charge in [0.05, 0.1) is 0 Å². The van der Waals surface area contributed by atoms with Crippen LogP contribution in [0.4, 0.5) is 0 Å². The van der Waals surface area contributed by atoms with Crippen LogP contribution in [0.1, 0.15) is 11.1 Å². The number of aryl methyl sites for hydroxylation is 2. The normalized spacial score (nSPS) is 10.6. The van der Waals surface area contributed by atoms with Gasteiger partial charge < -0.3 is 13.9 Å². The highest BCUT2D eigenvalue weighted by Gasteiger charge is 2.10. The van der Waals surface area contributed by atoms with Gasteiger partial charge in [0.15, 0.2) is 18.6 Å². The van der Waals surface area contributed by atoms with Gasteiger partial charge in [0, 0.05) is 6.07 Å². The van der Waals surface area contributed by atoms with Gasteiger partial charge in [-0.05, 0) is 37.1 Å². The number of ether oxygens (including phenoxy) is 2. The summed E-state index contributed by atoms with van der Waals surface area (Å²) in [6.45, 7) is 3.72. The molecule has 0 aliphatic heterocycles.